The second-order valence-corrected chi connectivity index (χ2v) is 7.98. The van der Waals surface area contributed by atoms with Crippen LogP contribution < -0.4 is 5.32 Å². The largest absolute Gasteiger partial charge is 0.362 e. The smallest absolute Gasteiger partial charge is 0.263 e. The van der Waals surface area contributed by atoms with Crippen molar-refractivity contribution in [3.8, 4) is 0 Å². The number of carbonyl (C=O) groups is 1. The van der Waals surface area contributed by atoms with Gasteiger partial charge >= 0.3 is 0 Å². The van der Waals surface area contributed by atoms with Crippen LogP contribution in [0.5, 0.6) is 0 Å². The number of rotatable bonds is 5. The van der Waals surface area contributed by atoms with Crippen molar-refractivity contribution < 1.29 is 9.53 Å². The first-order valence-corrected chi connectivity index (χ1v) is 10.3. The van der Waals surface area contributed by atoms with Crippen molar-refractivity contribution in [1.82, 2.24) is 9.80 Å². The molecule has 2 atom stereocenters. The van der Waals surface area contributed by atoms with Crippen molar-refractivity contribution >= 4 is 11.6 Å². The van der Waals surface area contributed by atoms with Crippen LogP contribution >= 0.6 is 0 Å². The maximum absolute atomic E-state index is 13.7. The van der Waals surface area contributed by atoms with Gasteiger partial charge in [0.1, 0.15) is 0 Å². The average Bonchev–Trinajstić information content (AvgIpc) is 3.39. The highest BCUT2D eigenvalue weighted by atomic mass is 16.5. The monoisotopic (exact) mass is 369 g/mol. The van der Waals surface area contributed by atoms with E-state index in [2.05, 4.69) is 10.2 Å². The van der Waals surface area contributed by atoms with E-state index in [0.717, 1.165) is 36.8 Å². The number of amides is 1. The second kappa shape index (κ2) is 7.64. The first-order chi connectivity index (χ1) is 13.2. The number of nitrogens with one attached hydrogen (secondary N) is 1. The minimum absolute atomic E-state index is 0.0350. The fourth-order valence-electron chi connectivity index (χ4n) is 4.99. The van der Waals surface area contributed by atoms with E-state index in [1.165, 1.54) is 25.7 Å². The molecular formula is C22H31N3O2. The van der Waals surface area contributed by atoms with Gasteiger partial charge in [-0.15, -0.1) is 0 Å². The summed E-state index contributed by atoms with van der Waals surface area (Å²) in [7, 11) is 1.95. The fraction of sp³-hybridized carbons (Fsp3) is 0.591. The number of hydrogen-bond acceptors (Lipinski definition) is 4. The molecule has 1 saturated carbocycles. The molecule has 2 heterocycles. The summed E-state index contributed by atoms with van der Waals surface area (Å²) < 4.78 is 6.13. The summed E-state index contributed by atoms with van der Waals surface area (Å²) in [5.41, 5.74) is 0.803. The molecule has 0 aromatic heterocycles. The quantitative estimate of drug-likeness (QED) is 0.865. The van der Waals surface area contributed by atoms with Crippen molar-refractivity contribution in [3.63, 3.8) is 0 Å². The molecule has 2 unspecified atom stereocenters. The van der Waals surface area contributed by atoms with Gasteiger partial charge in [-0.2, -0.15) is 0 Å². The van der Waals surface area contributed by atoms with Crippen LogP contribution in [0.1, 0.15) is 44.6 Å². The van der Waals surface area contributed by atoms with E-state index in [1.807, 2.05) is 55.4 Å². The van der Waals surface area contributed by atoms with Crippen LogP contribution in [-0.2, 0) is 15.1 Å². The maximum Gasteiger partial charge on any atom is 0.263 e. The molecular weight excluding hydrogens is 338 g/mol. The molecule has 1 aromatic carbocycles. The molecule has 0 spiro atoms. The molecule has 1 N–H and O–H groups in total. The van der Waals surface area contributed by atoms with Crippen LogP contribution in [0.3, 0.4) is 0 Å². The van der Waals surface area contributed by atoms with Crippen molar-refractivity contribution in [2.45, 2.75) is 56.7 Å². The lowest BCUT2D eigenvalue weighted by Gasteiger charge is -2.38. The Morgan fingerprint density at radius 2 is 2.07 bits per heavy atom. The predicted octanol–water partition coefficient (Wildman–Crippen LogP) is 3.33. The van der Waals surface area contributed by atoms with E-state index >= 15 is 0 Å². The lowest BCUT2D eigenvalue weighted by Crippen LogP contribution is -2.51. The summed E-state index contributed by atoms with van der Waals surface area (Å²) in [6.45, 7) is 4.52. The van der Waals surface area contributed by atoms with Crippen LogP contribution in [0.2, 0.25) is 0 Å². The van der Waals surface area contributed by atoms with Crippen LogP contribution in [0.25, 0.3) is 0 Å². The lowest BCUT2D eigenvalue weighted by molar-refractivity contribution is -0.154. The van der Waals surface area contributed by atoms with Crippen LogP contribution in [0.4, 0.5) is 5.69 Å². The SMILES string of the molecule is CCOC1(C(=O)N(C)C2CCN(C3CCCC3)C2)C=CNc2ccccc21. The summed E-state index contributed by atoms with van der Waals surface area (Å²) in [4.78, 5) is 18.2. The number of carbonyl (C=O) groups excluding carboxylic acids is 1. The molecule has 5 nitrogen and oxygen atoms in total. The van der Waals surface area contributed by atoms with Gasteiger partial charge in [-0.25, -0.2) is 0 Å². The van der Waals surface area contributed by atoms with E-state index in [4.69, 9.17) is 4.74 Å². The summed E-state index contributed by atoms with van der Waals surface area (Å²) in [5.74, 6) is 0.0350. The molecule has 4 rings (SSSR count). The highest BCUT2D eigenvalue weighted by Gasteiger charge is 2.46. The van der Waals surface area contributed by atoms with Crippen LogP contribution in [-0.4, -0.2) is 54.5 Å². The standard InChI is InChI=1S/C22H31N3O2/c1-3-27-22(13-14-23-20-11-7-6-10-19(20)22)21(26)24(2)18-12-15-25(16-18)17-8-4-5-9-17/h6-7,10-11,13-14,17-18,23H,3-5,8-9,12,15-16H2,1-2H3. The minimum atomic E-state index is -1.04. The van der Waals surface area contributed by atoms with Gasteiger partial charge in [0.15, 0.2) is 5.60 Å². The highest BCUT2D eigenvalue weighted by molar-refractivity contribution is 5.92. The average molecular weight is 370 g/mol. The van der Waals surface area contributed by atoms with Gasteiger partial charge in [0.05, 0.1) is 0 Å². The lowest BCUT2D eigenvalue weighted by atomic mass is 9.88. The third-order valence-corrected chi connectivity index (χ3v) is 6.48. The van der Waals surface area contributed by atoms with Gasteiger partial charge in [0.25, 0.3) is 5.91 Å². The molecule has 1 aliphatic carbocycles. The Labute approximate surface area is 162 Å². The zero-order chi connectivity index (χ0) is 18.9. The summed E-state index contributed by atoms with van der Waals surface area (Å²) >= 11 is 0. The molecule has 2 aliphatic heterocycles. The number of ether oxygens (including phenoxy) is 1. The van der Waals surface area contributed by atoms with E-state index in [1.54, 1.807) is 0 Å². The summed E-state index contributed by atoms with van der Waals surface area (Å²) in [5, 5.41) is 3.24. The van der Waals surface area contributed by atoms with Crippen LogP contribution in [0, 0.1) is 0 Å². The van der Waals surface area contributed by atoms with Crippen molar-refractivity contribution in [3.05, 3.63) is 42.1 Å². The third kappa shape index (κ3) is 3.27. The number of hydrogen-bond donors (Lipinski definition) is 1. The Morgan fingerprint density at radius 3 is 2.85 bits per heavy atom. The van der Waals surface area contributed by atoms with E-state index < -0.39 is 5.60 Å². The van der Waals surface area contributed by atoms with Crippen molar-refractivity contribution in [1.29, 1.82) is 0 Å². The third-order valence-electron chi connectivity index (χ3n) is 6.48. The molecule has 2 fully saturated rings. The predicted molar refractivity (Wildman–Crippen MR) is 108 cm³/mol. The number of nitrogens with zero attached hydrogens (tertiary/aromatic N) is 2. The highest BCUT2D eigenvalue weighted by Crippen LogP contribution is 2.39. The topological polar surface area (TPSA) is 44.8 Å². The van der Waals surface area contributed by atoms with E-state index in [9.17, 15) is 4.79 Å². The second-order valence-electron chi connectivity index (χ2n) is 7.98. The Hall–Kier alpha value is -1.85. The molecule has 146 valence electrons. The molecule has 1 aromatic rings. The van der Waals surface area contributed by atoms with Gasteiger partial charge < -0.3 is 15.0 Å². The minimum Gasteiger partial charge on any atom is -0.362 e. The Morgan fingerprint density at radius 1 is 1.30 bits per heavy atom. The summed E-state index contributed by atoms with van der Waals surface area (Å²) in [6.07, 6.45) is 10.1. The fourth-order valence-corrected chi connectivity index (χ4v) is 4.99. The number of anilines is 1. The zero-order valence-corrected chi connectivity index (χ0v) is 16.5. The van der Waals surface area contributed by atoms with Crippen molar-refractivity contribution in [2.24, 2.45) is 0 Å². The molecule has 5 heteroatoms. The van der Waals surface area contributed by atoms with Crippen LogP contribution in [0.15, 0.2) is 36.5 Å². The number of benzene rings is 1. The summed E-state index contributed by atoms with van der Waals surface area (Å²) in [6, 6.07) is 8.92. The van der Waals surface area contributed by atoms with Gasteiger partial charge in [-0.3, -0.25) is 9.69 Å². The molecule has 1 saturated heterocycles. The maximum atomic E-state index is 13.7. The molecule has 1 amide bonds. The Bertz CT molecular complexity index is 713. The number of likely N-dealkylation sites (N-methyl/N-ethyl adjacent to an activating group) is 1. The molecule has 0 bridgehead atoms. The first kappa shape index (κ1) is 18.5. The molecule has 3 aliphatic rings. The first-order valence-electron chi connectivity index (χ1n) is 10.3. The van der Waals surface area contributed by atoms with Gasteiger partial charge in [-0.05, 0) is 38.3 Å². The van der Waals surface area contributed by atoms with Crippen molar-refractivity contribution in [2.75, 3.05) is 32.1 Å². The number of para-hydroxylation sites is 1. The van der Waals surface area contributed by atoms with E-state index in [0.29, 0.717) is 6.61 Å². The Balaban J connectivity index is 1.56. The van der Waals surface area contributed by atoms with Gasteiger partial charge in [0.2, 0.25) is 0 Å². The van der Waals surface area contributed by atoms with Gasteiger partial charge in [0, 0.05) is 56.3 Å². The molecule has 0 radical (unpaired) electrons. The Kier molecular flexibility index (Phi) is 5.24. The number of likely N-dealkylation sites (tertiary alicyclic amines) is 1. The van der Waals surface area contributed by atoms with E-state index in [-0.39, 0.29) is 11.9 Å². The molecule has 27 heavy (non-hydrogen) atoms. The zero-order valence-electron chi connectivity index (χ0n) is 16.5. The number of fused-ring (bicyclic) bond motifs is 1. The van der Waals surface area contributed by atoms with Gasteiger partial charge in [-0.1, -0.05) is 31.0 Å². The normalized spacial score (nSPS) is 28.1.